The fraction of sp³-hybridized carbons (Fsp3) is 0.263. The molecule has 0 saturated heterocycles. The lowest BCUT2D eigenvalue weighted by Crippen LogP contribution is -2.24. The molecule has 3 rings (SSSR count). The molecule has 7 heteroatoms. The molecule has 0 atom stereocenters. The Bertz CT molecular complexity index is 834. The molecule has 1 heterocycles. The summed E-state index contributed by atoms with van der Waals surface area (Å²) in [6.07, 6.45) is 0. The fourth-order valence-corrected chi connectivity index (χ4v) is 2.81. The smallest absolute Gasteiger partial charge is 0.253 e. The summed E-state index contributed by atoms with van der Waals surface area (Å²) in [7, 11) is 3.41. The van der Waals surface area contributed by atoms with Crippen LogP contribution in [0.1, 0.15) is 26.3 Å². The van der Waals surface area contributed by atoms with E-state index >= 15 is 0 Å². The number of ether oxygens (including phenoxy) is 2. The van der Waals surface area contributed by atoms with Gasteiger partial charge in [-0.25, -0.2) is 0 Å². The lowest BCUT2D eigenvalue weighted by Gasteiger charge is -2.20. The minimum absolute atomic E-state index is 0.0634. The Morgan fingerprint density at radius 2 is 1.77 bits per heavy atom. The molecule has 0 radical (unpaired) electrons. The first-order valence-electron chi connectivity index (χ1n) is 8.13. The van der Waals surface area contributed by atoms with Crippen molar-refractivity contribution in [1.29, 1.82) is 0 Å². The minimum atomic E-state index is -0.266. The van der Waals surface area contributed by atoms with Crippen LogP contribution in [0.15, 0.2) is 36.4 Å². The van der Waals surface area contributed by atoms with E-state index in [0.717, 1.165) is 5.56 Å². The number of nitrogens with one attached hydrogen (secondary N) is 1. The van der Waals surface area contributed by atoms with E-state index in [4.69, 9.17) is 21.1 Å². The summed E-state index contributed by atoms with van der Waals surface area (Å²) in [6, 6.07) is 10.3. The third-order valence-corrected chi connectivity index (χ3v) is 4.20. The Hall–Kier alpha value is -2.73. The quantitative estimate of drug-likeness (QED) is 0.893. The van der Waals surface area contributed by atoms with Crippen molar-refractivity contribution in [2.45, 2.75) is 6.54 Å². The third-order valence-electron chi connectivity index (χ3n) is 3.92. The maximum absolute atomic E-state index is 12.4. The molecular weight excluding hydrogens is 356 g/mol. The second-order valence-corrected chi connectivity index (χ2v) is 6.47. The van der Waals surface area contributed by atoms with Gasteiger partial charge in [0.2, 0.25) is 0 Å². The standard InChI is InChI=1S/C19H19ClN2O4/c1-22(2)19(24)13-5-3-12(4-6-13)11-21-18(23)14-9-15(20)17-16(10-14)25-7-8-26-17/h3-6,9-10H,7-8,11H2,1-2H3,(H,21,23). The van der Waals surface area contributed by atoms with Gasteiger partial charge in [-0.1, -0.05) is 23.7 Å². The predicted molar refractivity (Wildman–Crippen MR) is 98.1 cm³/mol. The third kappa shape index (κ3) is 3.91. The molecular formula is C19H19ClN2O4. The van der Waals surface area contributed by atoms with Crippen LogP contribution in [0.3, 0.4) is 0 Å². The first kappa shape index (κ1) is 18.1. The molecule has 0 fully saturated rings. The Morgan fingerprint density at radius 3 is 2.46 bits per heavy atom. The van der Waals surface area contributed by atoms with Crippen molar-refractivity contribution in [1.82, 2.24) is 10.2 Å². The molecule has 0 bridgehead atoms. The highest BCUT2D eigenvalue weighted by Crippen LogP contribution is 2.38. The van der Waals surface area contributed by atoms with Gasteiger partial charge in [0.25, 0.3) is 11.8 Å². The molecule has 0 aliphatic carbocycles. The van der Waals surface area contributed by atoms with Crippen LogP contribution in [0.2, 0.25) is 5.02 Å². The number of hydrogen-bond acceptors (Lipinski definition) is 4. The van der Waals surface area contributed by atoms with E-state index in [9.17, 15) is 9.59 Å². The number of halogens is 1. The van der Waals surface area contributed by atoms with Gasteiger partial charge in [0.15, 0.2) is 11.5 Å². The first-order valence-corrected chi connectivity index (χ1v) is 8.51. The Balaban J connectivity index is 1.66. The number of benzene rings is 2. The topological polar surface area (TPSA) is 67.9 Å². The second kappa shape index (κ2) is 7.66. The molecule has 0 unspecified atom stereocenters. The van der Waals surface area contributed by atoms with Crippen LogP contribution in [0.4, 0.5) is 0 Å². The normalized spacial score (nSPS) is 12.4. The molecule has 0 aromatic heterocycles. The van der Waals surface area contributed by atoms with E-state index in [-0.39, 0.29) is 11.8 Å². The lowest BCUT2D eigenvalue weighted by molar-refractivity contribution is 0.0827. The number of fused-ring (bicyclic) bond motifs is 1. The summed E-state index contributed by atoms with van der Waals surface area (Å²) < 4.78 is 10.9. The van der Waals surface area contributed by atoms with Crippen LogP contribution in [0.25, 0.3) is 0 Å². The van der Waals surface area contributed by atoms with Crippen LogP contribution in [0, 0.1) is 0 Å². The van der Waals surface area contributed by atoms with Crippen LogP contribution < -0.4 is 14.8 Å². The van der Waals surface area contributed by atoms with Gasteiger partial charge in [0.1, 0.15) is 13.2 Å². The number of rotatable bonds is 4. The van der Waals surface area contributed by atoms with Crippen molar-refractivity contribution < 1.29 is 19.1 Å². The minimum Gasteiger partial charge on any atom is -0.486 e. The van der Waals surface area contributed by atoms with E-state index in [0.29, 0.717) is 47.4 Å². The van der Waals surface area contributed by atoms with Gasteiger partial charge in [0.05, 0.1) is 5.02 Å². The Labute approximate surface area is 156 Å². The van der Waals surface area contributed by atoms with Gasteiger partial charge in [-0.2, -0.15) is 0 Å². The number of amides is 2. The molecule has 1 aliphatic heterocycles. The van der Waals surface area contributed by atoms with Crippen molar-refractivity contribution in [2.24, 2.45) is 0 Å². The van der Waals surface area contributed by atoms with Crippen LogP contribution in [-0.2, 0) is 6.54 Å². The predicted octanol–water partition coefficient (Wildman–Crippen LogP) is 2.74. The zero-order chi connectivity index (χ0) is 18.7. The van der Waals surface area contributed by atoms with Crippen molar-refractivity contribution in [3.63, 3.8) is 0 Å². The highest BCUT2D eigenvalue weighted by atomic mass is 35.5. The molecule has 136 valence electrons. The summed E-state index contributed by atoms with van der Waals surface area (Å²) in [5.74, 6) is 0.611. The van der Waals surface area contributed by atoms with Gasteiger partial charge in [-0.15, -0.1) is 0 Å². The van der Waals surface area contributed by atoms with Gasteiger partial charge in [0, 0.05) is 31.8 Å². The Morgan fingerprint density at radius 1 is 1.08 bits per heavy atom. The summed E-state index contributed by atoms with van der Waals surface area (Å²) in [5, 5.41) is 3.18. The highest BCUT2D eigenvalue weighted by molar-refractivity contribution is 6.32. The largest absolute Gasteiger partial charge is 0.486 e. The molecule has 0 saturated carbocycles. The summed E-state index contributed by atoms with van der Waals surface area (Å²) in [6.45, 7) is 1.19. The zero-order valence-corrected chi connectivity index (χ0v) is 15.3. The number of hydrogen-bond donors (Lipinski definition) is 1. The van der Waals surface area contributed by atoms with E-state index in [1.54, 1.807) is 38.4 Å². The molecule has 0 spiro atoms. The van der Waals surface area contributed by atoms with Crippen molar-refractivity contribution in [2.75, 3.05) is 27.3 Å². The molecule has 1 N–H and O–H groups in total. The van der Waals surface area contributed by atoms with Gasteiger partial charge in [-0.3, -0.25) is 9.59 Å². The van der Waals surface area contributed by atoms with Crippen LogP contribution in [0.5, 0.6) is 11.5 Å². The highest BCUT2D eigenvalue weighted by Gasteiger charge is 2.19. The van der Waals surface area contributed by atoms with Crippen LogP contribution in [-0.4, -0.2) is 44.0 Å². The average molecular weight is 375 g/mol. The van der Waals surface area contributed by atoms with E-state index < -0.39 is 0 Å². The van der Waals surface area contributed by atoms with Gasteiger partial charge in [-0.05, 0) is 29.8 Å². The molecule has 1 aliphatic rings. The lowest BCUT2D eigenvalue weighted by atomic mass is 10.1. The maximum atomic E-state index is 12.4. The maximum Gasteiger partial charge on any atom is 0.253 e. The zero-order valence-electron chi connectivity index (χ0n) is 14.5. The SMILES string of the molecule is CN(C)C(=O)c1ccc(CNC(=O)c2cc(Cl)c3c(c2)OCCO3)cc1. The van der Waals surface area contributed by atoms with Crippen molar-refractivity contribution in [3.8, 4) is 11.5 Å². The first-order chi connectivity index (χ1) is 12.5. The van der Waals surface area contributed by atoms with E-state index in [1.165, 1.54) is 4.90 Å². The second-order valence-electron chi connectivity index (χ2n) is 6.06. The number of nitrogens with zero attached hydrogens (tertiary/aromatic N) is 1. The number of carbonyl (C=O) groups excluding carboxylic acids is 2. The van der Waals surface area contributed by atoms with E-state index in [1.807, 2.05) is 12.1 Å². The van der Waals surface area contributed by atoms with Crippen LogP contribution >= 0.6 is 11.6 Å². The van der Waals surface area contributed by atoms with Crippen molar-refractivity contribution in [3.05, 3.63) is 58.1 Å². The molecule has 26 heavy (non-hydrogen) atoms. The molecule has 2 aromatic rings. The van der Waals surface area contributed by atoms with Gasteiger partial charge < -0.3 is 19.7 Å². The number of carbonyl (C=O) groups is 2. The average Bonchev–Trinajstić information content (AvgIpc) is 2.65. The van der Waals surface area contributed by atoms with E-state index in [2.05, 4.69) is 5.32 Å². The monoisotopic (exact) mass is 374 g/mol. The summed E-state index contributed by atoms with van der Waals surface area (Å²) >= 11 is 6.16. The van der Waals surface area contributed by atoms with Crippen molar-refractivity contribution >= 4 is 23.4 Å². The molecule has 6 nitrogen and oxygen atoms in total. The summed E-state index contributed by atoms with van der Waals surface area (Å²) in [4.78, 5) is 25.8. The molecule has 2 aromatic carbocycles. The molecule has 2 amide bonds. The van der Waals surface area contributed by atoms with Gasteiger partial charge >= 0.3 is 0 Å². The summed E-state index contributed by atoms with van der Waals surface area (Å²) in [5.41, 5.74) is 1.89. The Kier molecular flexibility index (Phi) is 5.32. The fourth-order valence-electron chi connectivity index (χ4n) is 2.55.